The van der Waals surface area contributed by atoms with Crippen LogP contribution in [0.2, 0.25) is 0 Å². The molecular formula is C13H16ClFN2O. The van der Waals surface area contributed by atoms with Crippen molar-refractivity contribution in [3.8, 4) is 0 Å². The molecule has 2 aliphatic rings. The second-order valence-electron chi connectivity index (χ2n) is 5.03. The van der Waals surface area contributed by atoms with E-state index in [0.717, 1.165) is 37.2 Å². The van der Waals surface area contributed by atoms with Crippen LogP contribution in [0.25, 0.3) is 0 Å². The Morgan fingerprint density at radius 1 is 1.33 bits per heavy atom. The van der Waals surface area contributed by atoms with Gasteiger partial charge >= 0.3 is 0 Å². The first-order valence-electron chi connectivity index (χ1n) is 5.92. The van der Waals surface area contributed by atoms with Crippen molar-refractivity contribution in [1.29, 1.82) is 0 Å². The molecule has 0 aromatic heterocycles. The maximum Gasteiger partial charge on any atom is 0.235 e. The molecule has 0 bridgehead atoms. The predicted octanol–water partition coefficient (Wildman–Crippen LogP) is 2.16. The lowest BCUT2D eigenvalue weighted by Crippen LogP contribution is -2.45. The molecule has 0 saturated carbocycles. The Morgan fingerprint density at radius 2 is 2.00 bits per heavy atom. The van der Waals surface area contributed by atoms with Crippen molar-refractivity contribution in [1.82, 2.24) is 4.90 Å². The number of fused-ring (bicyclic) bond motifs is 2. The van der Waals surface area contributed by atoms with Gasteiger partial charge in [0.05, 0.1) is 5.41 Å². The average Bonchev–Trinajstić information content (AvgIpc) is 2.57. The molecule has 3 nitrogen and oxygen atoms in total. The standard InChI is InChI=1S/C13H15FN2O.ClH/c1-16-6-4-13(5-7-16)10-8-9(14)2-3-11(10)15-12(13)17;/h2-3,8H,4-7H2,1H3,(H,15,17);1H. The van der Waals surface area contributed by atoms with Crippen LogP contribution in [0.5, 0.6) is 0 Å². The normalized spacial score (nSPS) is 21.3. The number of hydrogen-bond donors (Lipinski definition) is 1. The predicted molar refractivity (Wildman–Crippen MR) is 70.7 cm³/mol. The molecule has 1 amide bonds. The van der Waals surface area contributed by atoms with Crippen LogP contribution in [0.3, 0.4) is 0 Å². The van der Waals surface area contributed by atoms with E-state index in [9.17, 15) is 9.18 Å². The Morgan fingerprint density at radius 3 is 2.67 bits per heavy atom. The third-order valence-corrected chi connectivity index (χ3v) is 4.02. The molecule has 1 N–H and O–H groups in total. The number of rotatable bonds is 0. The van der Waals surface area contributed by atoms with Crippen molar-refractivity contribution in [2.24, 2.45) is 0 Å². The highest BCUT2D eigenvalue weighted by molar-refractivity contribution is 6.06. The molecule has 1 saturated heterocycles. The van der Waals surface area contributed by atoms with Crippen molar-refractivity contribution >= 4 is 24.0 Å². The fourth-order valence-corrected chi connectivity index (χ4v) is 2.88. The van der Waals surface area contributed by atoms with E-state index in [1.807, 2.05) is 7.05 Å². The third-order valence-electron chi connectivity index (χ3n) is 4.02. The number of halogens is 2. The lowest BCUT2D eigenvalue weighted by atomic mass is 9.74. The van der Waals surface area contributed by atoms with Crippen LogP contribution >= 0.6 is 12.4 Å². The molecule has 2 heterocycles. The van der Waals surface area contributed by atoms with Crippen molar-refractivity contribution in [2.45, 2.75) is 18.3 Å². The zero-order chi connectivity index (χ0) is 12.0. The Balaban J connectivity index is 0.00000120. The van der Waals surface area contributed by atoms with Gasteiger partial charge in [-0.15, -0.1) is 12.4 Å². The van der Waals surface area contributed by atoms with Crippen LogP contribution in [0, 0.1) is 5.82 Å². The van der Waals surface area contributed by atoms with Gasteiger partial charge in [-0.1, -0.05) is 0 Å². The fraction of sp³-hybridized carbons (Fsp3) is 0.462. The van der Waals surface area contributed by atoms with Crippen LogP contribution in [-0.2, 0) is 10.2 Å². The quantitative estimate of drug-likeness (QED) is 0.784. The Labute approximate surface area is 112 Å². The van der Waals surface area contributed by atoms with Crippen LogP contribution in [0.1, 0.15) is 18.4 Å². The number of nitrogens with zero attached hydrogens (tertiary/aromatic N) is 1. The van der Waals surface area contributed by atoms with Crippen molar-refractivity contribution in [2.75, 3.05) is 25.5 Å². The number of amides is 1. The number of anilines is 1. The zero-order valence-corrected chi connectivity index (χ0v) is 11.0. The van der Waals surface area contributed by atoms with E-state index >= 15 is 0 Å². The highest BCUT2D eigenvalue weighted by atomic mass is 35.5. The number of hydrogen-bond acceptors (Lipinski definition) is 2. The van der Waals surface area contributed by atoms with E-state index in [1.165, 1.54) is 12.1 Å². The number of carbonyl (C=O) groups is 1. The summed E-state index contributed by atoms with van der Waals surface area (Å²) in [6.45, 7) is 1.76. The molecule has 3 rings (SSSR count). The summed E-state index contributed by atoms with van der Waals surface area (Å²) in [4.78, 5) is 14.4. The Kier molecular flexibility index (Phi) is 3.34. The molecule has 0 unspecified atom stereocenters. The Hall–Kier alpha value is -1.13. The van der Waals surface area contributed by atoms with Gasteiger partial charge in [0.25, 0.3) is 0 Å². The molecule has 5 heteroatoms. The summed E-state index contributed by atoms with van der Waals surface area (Å²) in [6, 6.07) is 4.57. The highest BCUT2D eigenvalue weighted by Crippen LogP contribution is 2.44. The van der Waals surface area contributed by atoms with Crippen molar-refractivity contribution in [3.05, 3.63) is 29.6 Å². The van der Waals surface area contributed by atoms with Gasteiger partial charge in [-0.05, 0) is 56.7 Å². The van der Waals surface area contributed by atoms with E-state index < -0.39 is 5.41 Å². The van der Waals surface area contributed by atoms with Crippen LogP contribution in [0.4, 0.5) is 10.1 Å². The van der Waals surface area contributed by atoms with Gasteiger partial charge in [0.2, 0.25) is 5.91 Å². The summed E-state index contributed by atoms with van der Waals surface area (Å²) >= 11 is 0. The summed E-state index contributed by atoms with van der Waals surface area (Å²) in [5.41, 5.74) is 1.13. The first-order valence-corrected chi connectivity index (χ1v) is 5.92. The van der Waals surface area contributed by atoms with Crippen molar-refractivity contribution < 1.29 is 9.18 Å². The minimum atomic E-state index is -0.496. The van der Waals surface area contributed by atoms with Crippen LogP contribution in [0.15, 0.2) is 18.2 Å². The molecule has 1 aromatic rings. The number of likely N-dealkylation sites (tertiary alicyclic amines) is 1. The summed E-state index contributed by atoms with van der Waals surface area (Å²) in [5.74, 6) is -0.232. The summed E-state index contributed by atoms with van der Waals surface area (Å²) in [5, 5.41) is 2.88. The van der Waals surface area contributed by atoms with E-state index in [0.29, 0.717) is 0 Å². The van der Waals surface area contributed by atoms with E-state index in [-0.39, 0.29) is 24.1 Å². The summed E-state index contributed by atoms with van der Waals surface area (Å²) in [7, 11) is 2.05. The zero-order valence-electron chi connectivity index (χ0n) is 10.2. The van der Waals surface area contributed by atoms with Crippen LogP contribution < -0.4 is 5.32 Å². The number of benzene rings is 1. The molecule has 1 spiro atoms. The van der Waals surface area contributed by atoms with Gasteiger partial charge < -0.3 is 10.2 Å². The van der Waals surface area contributed by atoms with Crippen molar-refractivity contribution in [3.63, 3.8) is 0 Å². The molecule has 2 aliphatic heterocycles. The first-order chi connectivity index (χ1) is 8.12. The van der Waals surface area contributed by atoms with Gasteiger partial charge in [0.1, 0.15) is 5.82 Å². The van der Waals surface area contributed by atoms with Gasteiger partial charge in [0.15, 0.2) is 0 Å². The summed E-state index contributed by atoms with van der Waals surface area (Å²) < 4.78 is 13.4. The number of piperidine rings is 1. The molecule has 98 valence electrons. The van der Waals surface area contributed by atoms with E-state index in [1.54, 1.807) is 6.07 Å². The lowest BCUT2D eigenvalue weighted by Gasteiger charge is -2.36. The van der Waals surface area contributed by atoms with Gasteiger partial charge in [-0.3, -0.25) is 4.79 Å². The minimum Gasteiger partial charge on any atom is -0.325 e. The third kappa shape index (κ3) is 1.80. The van der Waals surface area contributed by atoms with Gasteiger partial charge in [0, 0.05) is 5.69 Å². The van der Waals surface area contributed by atoms with Gasteiger partial charge in [-0.25, -0.2) is 4.39 Å². The topological polar surface area (TPSA) is 32.3 Å². The average molecular weight is 271 g/mol. The van der Waals surface area contributed by atoms with E-state index in [2.05, 4.69) is 10.2 Å². The summed E-state index contributed by atoms with van der Waals surface area (Å²) in [6.07, 6.45) is 1.54. The molecular weight excluding hydrogens is 255 g/mol. The van der Waals surface area contributed by atoms with Gasteiger partial charge in [-0.2, -0.15) is 0 Å². The highest BCUT2D eigenvalue weighted by Gasteiger charge is 2.48. The first kappa shape index (κ1) is 13.3. The minimum absolute atomic E-state index is 0. The van der Waals surface area contributed by atoms with E-state index in [4.69, 9.17) is 0 Å². The van der Waals surface area contributed by atoms with Crippen LogP contribution in [-0.4, -0.2) is 30.9 Å². The fourth-order valence-electron chi connectivity index (χ4n) is 2.88. The lowest BCUT2D eigenvalue weighted by molar-refractivity contribution is -0.122. The Bertz CT molecular complexity index is 484. The molecule has 0 radical (unpaired) electrons. The molecule has 18 heavy (non-hydrogen) atoms. The molecule has 1 aromatic carbocycles. The molecule has 1 fully saturated rings. The second kappa shape index (κ2) is 4.52. The monoisotopic (exact) mass is 270 g/mol. The molecule has 0 aliphatic carbocycles. The number of carbonyl (C=O) groups excluding carboxylic acids is 1. The maximum atomic E-state index is 13.4. The number of nitrogens with one attached hydrogen (secondary N) is 1. The maximum absolute atomic E-state index is 13.4. The molecule has 0 atom stereocenters. The largest absolute Gasteiger partial charge is 0.325 e. The smallest absolute Gasteiger partial charge is 0.235 e. The SMILES string of the molecule is CN1CCC2(CC1)C(=O)Nc1ccc(F)cc12.Cl. The second-order valence-corrected chi connectivity index (χ2v) is 5.03.